The van der Waals surface area contributed by atoms with Gasteiger partial charge in [-0.1, -0.05) is 29.8 Å². The molecule has 17 heavy (non-hydrogen) atoms. The summed E-state index contributed by atoms with van der Waals surface area (Å²) in [5.41, 5.74) is 0.158. The van der Waals surface area contributed by atoms with Crippen LogP contribution in [0.3, 0.4) is 0 Å². The molecule has 4 heteroatoms. The minimum atomic E-state index is -0.659. The van der Waals surface area contributed by atoms with Gasteiger partial charge in [-0.25, -0.2) is 4.79 Å². The molecule has 88 valence electrons. The van der Waals surface area contributed by atoms with Gasteiger partial charge >= 0.3 is 0 Å². The van der Waals surface area contributed by atoms with E-state index in [9.17, 15) is 9.59 Å². The molecular weight excluding hydrogens is 238 g/mol. The molecule has 0 aromatic heterocycles. The molecule has 0 N–H and O–H groups in total. The highest BCUT2D eigenvalue weighted by Crippen LogP contribution is 2.42. The highest BCUT2D eigenvalue weighted by atomic mass is 35.5. The van der Waals surface area contributed by atoms with Crippen LogP contribution in [0.2, 0.25) is 5.02 Å². The minimum absolute atomic E-state index is 0.216. The van der Waals surface area contributed by atoms with Crippen LogP contribution in [0.5, 0.6) is 0 Å². The van der Waals surface area contributed by atoms with Crippen LogP contribution in [0.1, 0.15) is 31.2 Å². The van der Waals surface area contributed by atoms with Gasteiger partial charge in [-0.2, -0.15) is 4.99 Å². The Hall–Kier alpha value is -1.44. The van der Waals surface area contributed by atoms with Crippen molar-refractivity contribution in [1.82, 2.24) is 0 Å². The van der Waals surface area contributed by atoms with E-state index in [0.717, 1.165) is 5.56 Å². The number of rotatable bonds is 2. The Balaban J connectivity index is 2.45. The molecule has 1 aliphatic carbocycles. The van der Waals surface area contributed by atoms with E-state index in [4.69, 9.17) is 11.6 Å². The van der Waals surface area contributed by atoms with Crippen LogP contribution in [-0.2, 0) is 15.1 Å². The molecule has 1 saturated carbocycles. The van der Waals surface area contributed by atoms with Crippen molar-refractivity contribution in [2.75, 3.05) is 0 Å². The quantitative estimate of drug-likeness (QED) is 0.597. The summed E-state index contributed by atoms with van der Waals surface area (Å²) in [6.07, 6.45) is 3.57. The maximum atomic E-state index is 11.3. The first kappa shape index (κ1) is 12.0. The molecule has 1 aromatic carbocycles. The third-order valence-electron chi connectivity index (χ3n) is 3.27. The van der Waals surface area contributed by atoms with Gasteiger partial charge in [0.25, 0.3) is 0 Å². The van der Waals surface area contributed by atoms with Gasteiger partial charge in [0.05, 0.1) is 0 Å². The second-order valence-corrected chi connectivity index (χ2v) is 4.66. The SMILES string of the molecule is O=C=NC1(c2ccccc2Cl)CCC(=O)CC1. The van der Waals surface area contributed by atoms with Crippen molar-refractivity contribution in [3.63, 3.8) is 0 Å². The number of nitrogens with zero attached hydrogens (tertiary/aromatic N) is 1. The van der Waals surface area contributed by atoms with Crippen LogP contribution in [0.15, 0.2) is 29.3 Å². The normalized spacial score (nSPS) is 18.5. The van der Waals surface area contributed by atoms with E-state index in [1.165, 1.54) is 0 Å². The van der Waals surface area contributed by atoms with Crippen LogP contribution < -0.4 is 0 Å². The van der Waals surface area contributed by atoms with Crippen molar-refractivity contribution in [3.05, 3.63) is 34.9 Å². The van der Waals surface area contributed by atoms with Gasteiger partial charge in [0, 0.05) is 17.9 Å². The van der Waals surface area contributed by atoms with E-state index in [-0.39, 0.29) is 5.78 Å². The van der Waals surface area contributed by atoms with E-state index >= 15 is 0 Å². The van der Waals surface area contributed by atoms with Crippen LogP contribution in [0, 0.1) is 0 Å². The molecule has 2 rings (SSSR count). The van der Waals surface area contributed by atoms with Crippen molar-refractivity contribution < 1.29 is 9.59 Å². The molecule has 1 aromatic rings. The molecule has 0 amide bonds. The number of carbonyl (C=O) groups excluding carboxylic acids is 2. The third kappa shape index (κ3) is 2.31. The number of Topliss-reactive ketones (excluding diaryl/α,β-unsaturated/α-hetero) is 1. The fourth-order valence-electron chi connectivity index (χ4n) is 2.31. The summed E-state index contributed by atoms with van der Waals surface area (Å²) in [7, 11) is 0. The minimum Gasteiger partial charge on any atom is -0.300 e. The van der Waals surface area contributed by atoms with Crippen LogP contribution in [0.25, 0.3) is 0 Å². The van der Waals surface area contributed by atoms with Crippen molar-refractivity contribution in [1.29, 1.82) is 0 Å². The number of halogens is 1. The fourth-order valence-corrected chi connectivity index (χ4v) is 2.62. The van der Waals surface area contributed by atoms with Crippen molar-refractivity contribution >= 4 is 23.5 Å². The van der Waals surface area contributed by atoms with Gasteiger partial charge in [0.15, 0.2) is 0 Å². The Bertz CT molecular complexity index is 482. The monoisotopic (exact) mass is 249 g/mol. The summed E-state index contributed by atoms with van der Waals surface area (Å²) >= 11 is 6.14. The molecule has 0 atom stereocenters. The zero-order chi connectivity index (χ0) is 12.3. The molecule has 0 unspecified atom stereocenters. The summed E-state index contributed by atoms with van der Waals surface area (Å²) in [5.74, 6) is 0.216. The average Bonchev–Trinajstić information content (AvgIpc) is 2.33. The lowest BCUT2D eigenvalue weighted by molar-refractivity contribution is -0.121. The molecule has 0 radical (unpaired) electrons. The summed E-state index contributed by atoms with van der Waals surface area (Å²) in [6.45, 7) is 0. The molecule has 1 aliphatic rings. The molecule has 3 nitrogen and oxygen atoms in total. The van der Waals surface area contributed by atoms with Crippen LogP contribution in [0.4, 0.5) is 0 Å². The summed E-state index contributed by atoms with van der Waals surface area (Å²) < 4.78 is 0. The average molecular weight is 250 g/mol. The number of carbonyl (C=O) groups is 1. The molecule has 0 saturated heterocycles. The maximum Gasteiger partial charge on any atom is 0.235 e. The first-order valence-corrected chi connectivity index (χ1v) is 5.91. The van der Waals surface area contributed by atoms with E-state index in [2.05, 4.69) is 4.99 Å². The second-order valence-electron chi connectivity index (χ2n) is 4.25. The van der Waals surface area contributed by atoms with Gasteiger partial charge in [0.2, 0.25) is 6.08 Å². The predicted molar refractivity (Wildman–Crippen MR) is 64.7 cm³/mol. The lowest BCUT2D eigenvalue weighted by atomic mass is 9.76. The first-order chi connectivity index (χ1) is 8.18. The van der Waals surface area contributed by atoms with Gasteiger partial charge in [0.1, 0.15) is 11.3 Å². The predicted octanol–water partition coefficient (Wildman–Crippen LogP) is 3.01. The smallest absolute Gasteiger partial charge is 0.235 e. The maximum absolute atomic E-state index is 11.3. The van der Waals surface area contributed by atoms with Gasteiger partial charge < -0.3 is 0 Å². The van der Waals surface area contributed by atoms with E-state index < -0.39 is 5.54 Å². The van der Waals surface area contributed by atoms with E-state index in [1.54, 1.807) is 12.1 Å². The highest BCUT2D eigenvalue weighted by Gasteiger charge is 2.37. The number of benzene rings is 1. The van der Waals surface area contributed by atoms with Gasteiger partial charge in [-0.05, 0) is 24.5 Å². The number of isocyanates is 1. The Morgan fingerprint density at radius 3 is 2.47 bits per heavy atom. The van der Waals surface area contributed by atoms with Gasteiger partial charge in [-0.3, -0.25) is 4.79 Å². The second kappa shape index (κ2) is 4.82. The van der Waals surface area contributed by atoms with E-state index in [0.29, 0.717) is 30.7 Å². The fraction of sp³-hybridized carbons (Fsp3) is 0.385. The number of ketones is 1. The lowest BCUT2D eigenvalue weighted by Gasteiger charge is -2.32. The molecule has 1 fully saturated rings. The Morgan fingerprint density at radius 1 is 1.24 bits per heavy atom. The molecule has 0 aliphatic heterocycles. The number of hydrogen-bond acceptors (Lipinski definition) is 3. The Labute approximate surface area is 105 Å². The van der Waals surface area contributed by atoms with Crippen molar-refractivity contribution in [2.45, 2.75) is 31.2 Å². The zero-order valence-corrected chi connectivity index (χ0v) is 10.0. The van der Waals surface area contributed by atoms with Gasteiger partial charge in [-0.15, -0.1) is 0 Å². The van der Waals surface area contributed by atoms with Crippen molar-refractivity contribution in [3.8, 4) is 0 Å². The molecule has 0 bridgehead atoms. The standard InChI is InChI=1S/C13H12ClNO2/c14-12-4-2-1-3-11(12)13(15-9-16)7-5-10(17)6-8-13/h1-4H,5-8H2. The number of aliphatic imine (C=N–C) groups is 1. The summed E-state index contributed by atoms with van der Waals surface area (Å²) in [6, 6.07) is 7.33. The van der Waals surface area contributed by atoms with Crippen LogP contribution in [-0.4, -0.2) is 11.9 Å². The highest BCUT2D eigenvalue weighted by molar-refractivity contribution is 6.31. The largest absolute Gasteiger partial charge is 0.300 e. The third-order valence-corrected chi connectivity index (χ3v) is 3.60. The first-order valence-electron chi connectivity index (χ1n) is 5.54. The molecular formula is C13H12ClNO2. The van der Waals surface area contributed by atoms with E-state index in [1.807, 2.05) is 18.2 Å². The summed E-state index contributed by atoms with van der Waals surface area (Å²) in [5, 5.41) is 0.584. The van der Waals surface area contributed by atoms with Crippen molar-refractivity contribution in [2.24, 2.45) is 4.99 Å². The summed E-state index contributed by atoms with van der Waals surface area (Å²) in [4.78, 5) is 25.9. The number of hydrogen-bond donors (Lipinski definition) is 0. The zero-order valence-electron chi connectivity index (χ0n) is 9.28. The lowest BCUT2D eigenvalue weighted by Crippen LogP contribution is -2.30. The topological polar surface area (TPSA) is 46.5 Å². The van der Waals surface area contributed by atoms with Crippen LogP contribution >= 0.6 is 11.6 Å². The Kier molecular flexibility index (Phi) is 3.41. The molecule has 0 spiro atoms. The molecule has 0 heterocycles. The Morgan fingerprint density at radius 2 is 1.88 bits per heavy atom.